The lowest BCUT2D eigenvalue weighted by Gasteiger charge is -2.07. The van der Waals surface area contributed by atoms with Crippen LogP contribution in [0.1, 0.15) is 0 Å². The van der Waals surface area contributed by atoms with Crippen molar-refractivity contribution in [2.24, 2.45) is 0 Å². The summed E-state index contributed by atoms with van der Waals surface area (Å²) in [6.07, 6.45) is 2.68. The lowest BCUT2D eigenvalue weighted by Crippen LogP contribution is -2.00. The van der Waals surface area contributed by atoms with Crippen LogP contribution in [0.25, 0.3) is 11.0 Å². The van der Waals surface area contributed by atoms with E-state index in [2.05, 4.69) is 25.5 Å². The molecule has 0 fully saturated rings. The number of hydrogen-bond donors (Lipinski definition) is 2. The predicted octanol–water partition coefficient (Wildman–Crippen LogP) is 2.51. The van der Waals surface area contributed by atoms with Gasteiger partial charge in [-0.05, 0) is 12.1 Å². The molecule has 96 valence electrons. The number of aromatic nitrogens is 4. The molecular weight excluding hydrogens is 259 g/mol. The number of hydrogen-bond acceptors (Lipinski definition) is 4. The zero-order chi connectivity index (χ0) is 13.4. The van der Waals surface area contributed by atoms with Crippen molar-refractivity contribution in [3.8, 4) is 0 Å². The number of fused-ring (bicyclic) bond motifs is 1. The average molecular weight is 265 g/mol. The lowest BCUT2D eigenvalue weighted by molar-refractivity contribution is 0.449. The molecule has 0 spiro atoms. The molecule has 3 aromatic rings. The van der Waals surface area contributed by atoms with Gasteiger partial charge < -0.3 is 5.32 Å². The van der Waals surface area contributed by atoms with E-state index in [1.807, 2.05) is 0 Å². The molecule has 3 rings (SSSR count). The van der Waals surface area contributed by atoms with Gasteiger partial charge in [0, 0.05) is 0 Å². The highest BCUT2D eigenvalue weighted by Crippen LogP contribution is 2.25. The molecule has 0 aliphatic rings. The van der Waals surface area contributed by atoms with Crippen LogP contribution in [0.15, 0.2) is 24.7 Å². The third kappa shape index (κ3) is 1.86. The van der Waals surface area contributed by atoms with Crippen LogP contribution in [0.2, 0.25) is 0 Å². The Morgan fingerprint density at radius 1 is 1.05 bits per heavy atom. The molecule has 2 N–H and O–H groups in total. The molecule has 0 saturated heterocycles. The first-order valence-electron chi connectivity index (χ1n) is 5.21. The number of nitrogens with zero attached hydrogens (tertiary/aromatic N) is 3. The fraction of sp³-hybridized carbons (Fsp3) is 0. The molecule has 19 heavy (non-hydrogen) atoms. The zero-order valence-corrected chi connectivity index (χ0v) is 9.28. The van der Waals surface area contributed by atoms with Crippen LogP contribution in [-0.4, -0.2) is 20.2 Å². The summed E-state index contributed by atoms with van der Waals surface area (Å²) in [7, 11) is 0. The maximum atomic E-state index is 13.5. The minimum Gasteiger partial charge on any atom is -0.337 e. The van der Waals surface area contributed by atoms with E-state index in [9.17, 15) is 13.2 Å². The Hall–Kier alpha value is -2.64. The van der Waals surface area contributed by atoms with Crippen LogP contribution in [0, 0.1) is 17.5 Å². The van der Waals surface area contributed by atoms with Gasteiger partial charge in [-0.25, -0.2) is 23.1 Å². The van der Waals surface area contributed by atoms with Crippen LogP contribution >= 0.6 is 0 Å². The summed E-state index contributed by atoms with van der Waals surface area (Å²) >= 11 is 0. The predicted molar refractivity (Wildman–Crippen MR) is 61.3 cm³/mol. The van der Waals surface area contributed by atoms with Crippen molar-refractivity contribution in [3.05, 3.63) is 42.1 Å². The highest BCUT2D eigenvalue weighted by molar-refractivity contribution is 5.87. The molecule has 0 aliphatic heterocycles. The normalized spacial score (nSPS) is 10.9. The summed E-state index contributed by atoms with van der Waals surface area (Å²) in [5.74, 6) is -3.86. The van der Waals surface area contributed by atoms with Crippen molar-refractivity contribution in [1.29, 1.82) is 0 Å². The van der Waals surface area contributed by atoms with Gasteiger partial charge in [0.2, 0.25) is 0 Å². The number of aromatic amines is 1. The first kappa shape index (κ1) is 11.5. The van der Waals surface area contributed by atoms with Gasteiger partial charge in [0.15, 0.2) is 23.1 Å². The Kier molecular flexibility index (Phi) is 2.55. The zero-order valence-electron chi connectivity index (χ0n) is 9.28. The fourth-order valence-electron chi connectivity index (χ4n) is 1.61. The average Bonchev–Trinajstić information content (AvgIpc) is 2.89. The minimum atomic E-state index is -1.54. The molecule has 0 amide bonds. The molecule has 1 aromatic carbocycles. The third-order valence-electron chi connectivity index (χ3n) is 2.54. The van der Waals surface area contributed by atoms with Crippen LogP contribution in [0.3, 0.4) is 0 Å². The van der Waals surface area contributed by atoms with Crippen molar-refractivity contribution in [3.63, 3.8) is 0 Å². The molecule has 2 heterocycles. The van der Waals surface area contributed by atoms with E-state index in [1.54, 1.807) is 0 Å². The summed E-state index contributed by atoms with van der Waals surface area (Å²) in [5, 5.41) is 9.46. The molecule has 0 aliphatic carbocycles. The summed E-state index contributed by atoms with van der Waals surface area (Å²) in [6, 6.07) is 1.91. The Balaban J connectivity index is 2.06. The van der Waals surface area contributed by atoms with Gasteiger partial charge in [-0.1, -0.05) is 0 Å². The highest BCUT2D eigenvalue weighted by Gasteiger charge is 2.15. The monoisotopic (exact) mass is 265 g/mol. The van der Waals surface area contributed by atoms with E-state index in [1.165, 1.54) is 12.5 Å². The van der Waals surface area contributed by atoms with Gasteiger partial charge in [-0.3, -0.25) is 5.10 Å². The third-order valence-corrected chi connectivity index (χ3v) is 2.54. The molecule has 8 heteroatoms. The van der Waals surface area contributed by atoms with Gasteiger partial charge in [0.05, 0.1) is 17.3 Å². The van der Waals surface area contributed by atoms with Crippen molar-refractivity contribution in [2.75, 3.05) is 5.32 Å². The Labute approximate surface area is 104 Å². The van der Waals surface area contributed by atoms with Gasteiger partial charge in [0.25, 0.3) is 0 Å². The number of nitrogens with one attached hydrogen (secondary N) is 2. The number of benzene rings is 1. The Morgan fingerprint density at radius 2 is 1.89 bits per heavy atom. The van der Waals surface area contributed by atoms with E-state index < -0.39 is 17.5 Å². The number of halogens is 3. The van der Waals surface area contributed by atoms with Crippen molar-refractivity contribution >= 4 is 22.5 Å². The van der Waals surface area contributed by atoms with Gasteiger partial charge in [-0.15, -0.1) is 0 Å². The molecule has 0 atom stereocenters. The lowest BCUT2D eigenvalue weighted by atomic mass is 10.2. The van der Waals surface area contributed by atoms with Gasteiger partial charge in [0.1, 0.15) is 12.1 Å². The van der Waals surface area contributed by atoms with E-state index in [0.29, 0.717) is 11.0 Å². The largest absolute Gasteiger partial charge is 0.337 e. The SMILES string of the molecule is Fc1ccc(Nc2ncnc3[nH]ncc23)c(F)c1F. The van der Waals surface area contributed by atoms with Crippen molar-refractivity contribution < 1.29 is 13.2 Å². The van der Waals surface area contributed by atoms with Crippen LogP contribution in [0.4, 0.5) is 24.7 Å². The maximum absolute atomic E-state index is 13.5. The summed E-state index contributed by atoms with van der Waals surface area (Å²) in [5.41, 5.74) is 0.223. The molecular formula is C11H6F3N5. The Morgan fingerprint density at radius 3 is 2.74 bits per heavy atom. The topological polar surface area (TPSA) is 66.5 Å². The van der Waals surface area contributed by atoms with E-state index in [0.717, 1.165) is 12.1 Å². The second-order valence-corrected chi connectivity index (χ2v) is 3.70. The van der Waals surface area contributed by atoms with Gasteiger partial charge >= 0.3 is 0 Å². The van der Waals surface area contributed by atoms with E-state index >= 15 is 0 Å². The quantitative estimate of drug-likeness (QED) is 0.699. The smallest absolute Gasteiger partial charge is 0.196 e. The second kappa shape index (κ2) is 4.23. The molecule has 0 radical (unpaired) electrons. The molecule has 5 nitrogen and oxygen atoms in total. The van der Waals surface area contributed by atoms with Crippen LogP contribution in [0.5, 0.6) is 0 Å². The fourth-order valence-corrected chi connectivity index (χ4v) is 1.61. The molecule has 2 aromatic heterocycles. The summed E-state index contributed by atoms with van der Waals surface area (Å²) in [6.45, 7) is 0. The van der Waals surface area contributed by atoms with Crippen molar-refractivity contribution in [1.82, 2.24) is 20.2 Å². The number of anilines is 2. The van der Waals surface area contributed by atoms with Gasteiger partial charge in [-0.2, -0.15) is 5.10 Å². The van der Waals surface area contributed by atoms with E-state index in [-0.39, 0.29) is 11.5 Å². The number of H-pyrrole nitrogens is 1. The molecule has 0 saturated carbocycles. The first-order chi connectivity index (χ1) is 9.16. The summed E-state index contributed by atoms with van der Waals surface area (Å²) in [4.78, 5) is 7.80. The maximum Gasteiger partial charge on any atom is 0.196 e. The first-order valence-corrected chi connectivity index (χ1v) is 5.21. The summed E-state index contributed by atoms with van der Waals surface area (Å²) < 4.78 is 39.5. The minimum absolute atomic E-state index is 0.222. The molecule has 0 bridgehead atoms. The highest BCUT2D eigenvalue weighted by atomic mass is 19.2. The Bertz CT molecular complexity index is 755. The molecule has 0 unspecified atom stereocenters. The van der Waals surface area contributed by atoms with E-state index in [4.69, 9.17) is 0 Å². The van der Waals surface area contributed by atoms with Crippen LogP contribution < -0.4 is 5.32 Å². The number of rotatable bonds is 2. The second-order valence-electron chi connectivity index (χ2n) is 3.70. The van der Waals surface area contributed by atoms with Crippen molar-refractivity contribution in [2.45, 2.75) is 0 Å². The van der Waals surface area contributed by atoms with Crippen LogP contribution in [-0.2, 0) is 0 Å². The standard InChI is InChI=1S/C11H6F3N5/c12-6-1-2-7(9(14)8(6)13)18-10-5-3-17-19-11(5)16-4-15-10/h1-4H,(H2,15,16,17,18,19).